The minimum absolute atomic E-state index is 0.165. The summed E-state index contributed by atoms with van der Waals surface area (Å²) in [5.41, 5.74) is -0.913. The van der Waals surface area contributed by atoms with Gasteiger partial charge in [0.05, 0.1) is 17.9 Å². The summed E-state index contributed by atoms with van der Waals surface area (Å²) in [7, 11) is 1.53. The number of methoxy groups -OCH3 is 1. The summed E-state index contributed by atoms with van der Waals surface area (Å²) in [5.74, 6) is -3.96. The summed E-state index contributed by atoms with van der Waals surface area (Å²) in [6.45, 7) is 2.04. The molecule has 1 spiro atoms. The second-order valence-corrected chi connectivity index (χ2v) is 7.54. The summed E-state index contributed by atoms with van der Waals surface area (Å²) in [6.07, 6.45) is -0.530. The van der Waals surface area contributed by atoms with E-state index in [1.54, 1.807) is 0 Å². The van der Waals surface area contributed by atoms with Gasteiger partial charge in [-0.1, -0.05) is 0 Å². The smallest absolute Gasteiger partial charge is 0.250 e. The van der Waals surface area contributed by atoms with Crippen LogP contribution in [0, 0.1) is 17.7 Å². The zero-order valence-corrected chi connectivity index (χ0v) is 15.6. The topological polar surface area (TPSA) is 108 Å². The highest BCUT2D eigenvalue weighted by molar-refractivity contribution is 6.15. The van der Waals surface area contributed by atoms with Crippen LogP contribution < -0.4 is 10.6 Å². The molecule has 3 amide bonds. The van der Waals surface area contributed by atoms with E-state index in [0.717, 1.165) is 4.90 Å². The molecule has 0 aromatic heterocycles. The van der Waals surface area contributed by atoms with E-state index in [0.29, 0.717) is 18.7 Å². The SMILES string of the molecule is COCCCN1C(=O)[C@@H]2[C@@H]([C@@H](C)O)N[C@]3(C(=O)Nc4ccc(F)cc43)[C@@H]2C1=O. The van der Waals surface area contributed by atoms with Crippen LogP contribution in [-0.4, -0.2) is 60.1 Å². The number of aliphatic hydroxyl groups excluding tert-OH is 1. The monoisotopic (exact) mass is 391 g/mol. The van der Waals surface area contributed by atoms with Gasteiger partial charge in [0.25, 0.3) is 0 Å². The molecule has 0 aliphatic carbocycles. The third-order valence-corrected chi connectivity index (χ3v) is 5.95. The van der Waals surface area contributed by atoms with Crippen LogP contribution in [0.3, 0.4) is 0 Å². The van der Waals surface area contributed by atoms with Crippen molar-refractivity contribution in [2.75, 3.05) is 25.6 Å². The molecule has 0 unspecified atom stereocenters. The molecule has 3 aliphatic heterocycles. The number of likely N-dealkylation sites (tertiary alicyclic amines) is 1. The highest BCUT2D eigenvalue weighted by atomic mass is 19.1. The molecule has 4 rings (SSSR count). The predicted molar refractivity (Wildman–Crippen MR) is 95.5 cm³/mol. The van der Waals surface area contributed by atoms with Crippen LogP contribution >= 0.6 is 0 Å². The number of hydrogen-bond acceptors (Lipinski definition) is 6. The summed E-state index contributed by atoms with van der Waals surface area (Å²) in [5, 5.41) is 16.0. The van der Waals surface area contributed by atoms with Gasteiger partial charge in [-0.3, -0.25) is 24.6 Å². The molecule has 1 aromatic rings. The lowest BCUT2D eigenvalue weighted by Gasteiger charge is -2.30. The number of amides is 3. The minimum Gasteiger partial charge on any atom is -0.392 e. The largest absolute Gasteiger partial charge is 0.392 e. The second-order valence-electron chi connectivity index (χ2n) is 7.54. The van der Waals surface area contributed by atoms with E-state index in [1.807, 2.05) is 0 Å². The highest BCUT2D eigenvalue weighted by Gasteiger charge is 2.71. The molecule has 2 fully saturated rings. The zero-order valence-electron chi connectivity index (χ0n) is 15.6. The number of rotatable bonds is 5. The average molecular weight is 391 g/mol. The molecule has 1 aromatic carbocycles. The highest BCUT2D eigenvalue weighted by Crippen LogP contribution is 2.53. The molecule has 3 heterocycles. The van der Waals surface area contributed by atoms with E-state index in [2.05, 4.69) is 10.6 Å². The first-order chi connectivity index (χ1) is 13.3. The number of halogens is 1. The molecule has 9 heteroatoms. The molecule has 3 N–H and O–H groups in total. The molecule has 150 valence electrons. The van der Waals surface area contributed by atoms with Crippen molar-refractivity contribution < 1.29 is 28.6 Å². The number of carbonyl (C=O) groups excluding carboxylic acids is 3. The normalized spacial score (nSPS) is 32.1. The number of nitrogens with zero attached hydrogens (tertiary/aromatic N) is 1. The molecule has 3 aliphatic rings. The van der Waals surface area contributed by atoms with Crippen LogP contribution in [0.1, 0.15) is 18.9 Å². The molecule has 2 saturated heterocycles. The van der Waals surface area contributed by atoms with Crippen LogP contribution in [0.4, 0.5) is 10.1 Å². The molecule has 28 heavy (non-hydrogen) atoms. The fourth-order valence-electron chi connectivity index (χ4n) is 4.77. The maximum atomic E-state index is 14.0. The third-order valence-electron chi connectivity index (χ3n) is 5.95. The third kappa shape index (κ3) is 2.43. The summed E-state index contributed by atoms with van der Waals surface area (Å²) in [4.78, 5) is 40.4. The van der Waals surface area contributed by atoms with Crippen LogP contribution in [0.15, 0.2) is 18.2 Å². The van der Waals surface area contributed by atoms with E-state index in [1.165, 1.54) is 32.2 Å². The Morgan fingerprint density at radius 2 is 2.07 bits per heavy atom. The van der Waals surface area contributed by atoms with Gasteiger partial charge in [0, 0.05) is 37.6 Å². The molecule has 0 radical (unpaired) electrons. The standard InChI is InChI=1S/C19H22FN3O5/c1-9(24)15-13-14(17(26)23(16(13)25)6-3-7-28-2)19(22-15)11-8-10(20)4-5-12(11)21-18(19)27/h4-5,8-9,13-15,22,24H,3,6-7H2,1-2H3,(H,21,27)/t9-,13+,14+,15-,19+/m1/s1. The lowest BCUT2D eigenvalue weighted by atomic mass is 9.76. The Bertz CT molecular complexity index is 860. The van der Waals surface area contributed by atoms with Crippen molar-refractivity contribution in [1.29, 1.82) is 0 Å². The fourth-order valence-corrected chi connectivity index (χ4v) is 4.77. The molecule has 8 nitrogen and oxygen atoms in total. The summed E-state index contributed by atoms with van der Waals surface area (Å²) in [6, 6.07) is 3.04. The van der Waals surface area contributed by atoms with E-state index >= 15 is 0 Å². The Morgan fingerprint density at radius 1 is 1.32 bits per heavy atom. The van der Waals surface area contributed by atoms with Crippen molar-refractivity contribution in [1.82, 2.24) is 10.2 Å². The Kier molecular flexibility index (Phi) is 4.48. The van der Waals surface area contributed by atoms with Crippen LogP contribution in [-0.2, 0) is 24.7 Å². The van der Waals surface area contributed by atoms with Gasteiger partial charge in [0.1, 0.15) is 11.4 Å². The maximum Gasteiger partial charge on any atom is 0.250 e. The van der Waals surface area contributed by atoms with Crippen molar-refractivity contribution >= 4 is 23.4 Å². The predicted octanol–water partition coefficient (Wildman–Crippen LogP) is -0.0366. The van der Waals surface area contributed by atoms with Gasteiger partial charge in [0.2, 0.25) is 17.7 Å². The van der Waals surface area contributed by atoms with Gasteiger partial charge < -0.3 is 15.2 Å². The second kappa shape index (κ2) is 6.61. The Morgan fingerprint density at radius 3 is 2.75 bits per heavy atom. The molecular weight excluding hydrogens is 369 g/mol. The Balaban J connectivity index is 1.81. The summed E-state index contributed by atoms with van der Waals surface area (Å²) >= 11 is 0. The molecular formula is C19H22FN3O5. The van der Waals surface area contributed by atoms with Crippen LogP contribution in [0.5, 0.6) is 0 Å². The first kappa shape index (κ1) is 19.0. The number of fused-ring (bicyclic) bond motifs is 4. The molecule has 5 atom stereocenters. The first-order valence-corrected chi connectivity index (χ1v) is 9.24. The Hall–Kier alpha value is -2.36. The van der Waals surface area contributed by atoms with E-state index < -0.39 is 53.1 Å². The first-order valence-electron chi connectivity index (χ1n) is 9.24. The number of benzene rings is 1. The van der Waals surface area contributed by atoms with E-state index in [4.69, 9.17) is 4.74 Å². The average Bonchev–Trinajstić information content (AvgIpc) is 3.23. The lowest BCUT2D eigenvalue weighted by molar-refractivity contribution is -0.143. The van der Waals surface area contributed by atoms with Gasteiger partial charge in [-0.25, -0.2) is 4.39 Å². The summed E-state index contributed by atoms with van der Waals surface area (Å²) < 4.78 is 19.0. The molecule has 0 saturated carbocycles. The number of anilines is 1. The number of aliphatic hydroxyl groups is 1. The van der Waals surface area contributed by atoms with Crippen LogP contribution in [0.2, 0.25) is 0 Å². The number of imide groups is 1. The number of ether oxygens (including phenoxy) is 1. The number of carbonyl (C=O) groups is 3. The van der Waals surface area contributed by atoms with Gasteiger partial charge >= 0.3 is 0 Å². The number of hydrogen-bond donors (Lipinski definition) is 3. The maximum absolute atomic E-state index is 14.0. The quantitative estimate of drug-likeness (QED) is 0.480. The van der Waals surface area contributed by atoms with Crippen molar-refractivity contribution in [3.05, 3.63) is 29.6 Å². The molecule has 0 bridgehead atoms. The van der Waals surface area contributed by atoms with Gasteiger partial charge in [-0.05, 0) is 31.5 Å². The van der Waals surface area contributed by atoms with E-state index in [-0.39, 0.29) is 12.1 Å². The van der Waals surface area contributed by atoms with Crippen molar-refractivity contribution in [2.45, 2.75) is 31.0 Å². The fraction of sp³-hybridized carbons (Fsp3) is 0.526. The Labute approximate surface area is 161 Å². The van der Waals surface area contributed by atoms with Crippen molar-refractivity contribution in [2.24, 2.45) is 11.8 Å². The lowest BCUT2D eigenvalue weighted by Crippen LogP contribution is -2.54. The van der Waals surface area contributed by atoms with Gasteiger partial charge in [0.15, 0.2) is 0 Å². The van der Waals surface area contributed by atoms with E-state index in [9.17, 15) is 23.9 Å². The van der Waals surface area contributed by atoms with Crippen LogP contribution in [0.25, 0.3) is 0 Å². The van der Waals surface area contributed by atoms with Crippen molar-refractivity contribution in [3.63, 3.8) is 0 Å². The zero-order chi connectivity index (χ0) is 20.2. The van der Waals surface area contributed by atoms with Crippen molar-refractivity contribution in [3.8, 4) is 0 Å². The van der Waals surface area contributed by atoms with Gasteiger partial charge in [-0.15, -0.1) is 0 Å². The van der Waals surface area contributed by atoms with Gasteiger partial charge in [-0.2, -0.15) is 0 Å². The number of nitrogens with one attached hydrogen (secondary N) is 2. The minimum atomic E-state index is -1.59.